The van der Waals surface area contributed by atoms with E-state index in [4.69, 9.17) is 9.72 Å². The predicted molar refractivity (Wildman–Crippen MR) is 158 cm³/mol. The van der Waals surface area contributed by atoms with E-state index in [9.17, 15) is 9.59 Å². The SMILES string of the molecule is CCC1(C)CN(C2CCCCC2)c2nc(Nc3ccc(C(=O)NC4CCN(C)C4)cc3OC)ncc2N(C)C1=O. The number of anilines is 4. The number of carbonyl (C=O) groups is 2. The minimum Gasteiger partial charge on any atom is -0.495 e. The third-order valence-electron chi connectivity index (χ3n) is 8.96. The summed E-state index contributed by atoms with van der Waals surface area (Å²) in [4.78, 5) is 42.3. The van der Waals surface area contributed by atoms with Gasteiger partial charge < -0.3 is 30.1 Å². The molecule has 2 unspecified atom stereocenters. The number of likely N-dealkylation sites (N-methyl/N-ethyl adjacent to an activating group) is 1. The molecule has 216 valence electrons. The fourth-order valence-corrected chi connectivity index (χ4v) is 6.24. The number of hydrogen-bond donors (Lipinski definition) is 2. The molecule has 2 atom stereocenters. The molecule has 3 heterocycles. The maximum absolute atomic E-state index is 13.5. The summed E-state index contributed by atoms with van der Waals surface area (Å²) in [5, 5.41) is 6.43. The molecule has 0 bridgehead atoms. The van der Waals surface area contributed by atoms with Crippen LogP contribution in [0.3, 0.4) is 0 Å². The summed E-state index contributed by atoms with van der Waals surface area (Å²) in [6.07, 6.45) is 9.26. The lowest BCUT2D eigenvalue weighted by atomic mass is 9.84. The highest BCUT2D eigenvalue weighted by Crippen LogP contribution is 2.41. The number of ether oxygens (including phenoxy) is 1. The molecule has 3 aliphatic rings. The lowest BCUT2D eigenvalue weighted by Gasteiger charge is -2.38. The average Bonchev–Trinajstić information content (AvgIpc) is 3.36. The fourth-order valence-electron chi connectivity index (χ4n) is 6.24. The Morgan fingerprint density at radius 3 is 2.62 bits per heavy atom. The predicted octanol–water partition coefficient (Wildman–Crippen LogP) is 4.19. The summed E-state index contributed by atoms with van der Waals surface area (Å²) in [6, 6.07) is 5.85. The molecule has 1 aromatic heterocycles. The van der Waals surface area contributed by atoms with E-state index in [0.717, 1.165) is 50.3 Å². The molecule has 2 aromatic rings. The molecular formula is C30H43N7O3. The van der Waals surface area contributed by atoms with E-state index < -0.39 is 5.41 Å². The quantitative estimate of drug-likeness (QED) is 0.530. The van der Waals surface area contributed by atoms with Crippen molar-refractivity contribution in [3.05, 3.63) is 30.0 Å². The van der Waals surface area contributed by atoms with Crippen molar-refractivity contribution >= 4 is 35.0 Å². The molecule has 1 aliphatic carbocycles. The molecule has 2 fully saturated rings. The third kappa shape index (κ3) is 5.59. The highest BCUT2D eigenvalue weighted by molar-refractivity contribution is 6.01. The Balaban J connectivity index is 1.42. The molecule has 40 heavy (non-hydrogen) atoms. The molecule has 5 rings (SSSR count). The Morgan fingerprint density at radius 2 is 1.95 bits per heavy atom. The number of nitrogens with one attached hydrogen (secondary N) is 2. The van der Waals surface area contributed by atoms with E-state index in [2.05, 4.69) is 46.3 Å². The topological polar surface area (TPSA) is 103 Å². The van der Waals surface area contributed by atoms with E-state index in [1.54, 1.807) is 30.3 Å². The highest BCUT2D eigenvalue weighted by Gasteiger charge is 2.43. The first-order valence-electron chi connectivity index (χ1n) is 14.6. The maximum Gasteiger partial charge on any atom is 0.251 e. The molecule has 1 aromatic carbocycles. The van der Waals surface area contributed by atoms with Crippen molar-refractivity contribution in [2.75, 3.05) is 56.0 Å². The number of rotatable bonds is 7. The van der Waals surface area contributed by atoms with Gasteiger partial charge in [0.2, 0.25) is 11.9 Å². The van der Waals surface area contributed by atoms with Crippen molar-refractivity contribution in [3.63, 3.8) is 0 Å². The Hall–Kier alpha value is -3.40. The summed E-state index contributed by atoms with van der Waals surface area (Å²) < 4.78 is 5.65. The Morgan fingerprint density at radius 1 is 1.18 bits per heavy atom. The lowest BCUT2D eigenvalue weighted by molar-refractivity contribution is -0.126. The van der Waals surface area contributed by atoms with Crippen LogP contribution in [0.2, 0.25) is 0 Å². The number of likely N-dealkylation sites (tertiary alicyclic amines) is 1. The Kier molecular flexibility index (Phi) is 8.16. The Bertz CT molecular complexity index is 1250. The van der Waals surface area contributed by atoms with E-state index in [1.807, 2.05) is 13.1 Å². The van der Waals surface area contributed by atoms with Crippen LogP contribution < -0.4 is 25.2 Å². The summed E-state index contributed by atoms with van der Waals surface area (Å²) in [5.74, 6) is 1.73. The van der Waals surface area contributed by atoms with Crippen LogP contribution >= 0.6 is 0 Å². The van der Waals surface area contributed by atoms with Gasteiger partial charge in [-0.3, -0.25) is 9.59 Å². The fraction of sp³-hybridized carbons (Fsp3) is 0.600. The smallest absolute Gasteiger partial charge is 0.251 e. The van der Waals surface area contributed by atoms with Crippen LogP contribution in [0.25, 0.3) is 0 Å². The third-order valence-corrected chi connectivity index (χ3v) is 8.96. The number of methoxy groups -OCH3 is 1. The minimum absolute atomic E-state index is 0.0960. The van der Waals surface area contributed by atoms with Crippen LogP contribution in [0, 0.1) is 5.41 Å². The van der Waals surface area contributed by atoms with Gasteiger partial charge in [0, 0.05) is 37.8 Å². The first-order chi connectivity index (χ1) is 19.2. The van der Waals surface area contributed by atoms with Crippen LogP contribution in [0.4, 0.5) is 23.1 Å². The molecule has 2 N–H and O–H groups in total. The zero-order valence-electron chi connectivity index (χ0n) is 24.5. The zero-order valence-corrected chi connectivity index (χ0v) is 24.5. The van der Waals surface area contributed by atoms with E-state index in [0.29, 0.717) is 35.5 Å². The average molecular weight is 550 g/mol. The molecule has 10 heteroatoms. The standard InChI is InChI=1S/C30H43N7O3/c1-6-30(2)19-37(22-10-8-7-9-11-22)26-24(36(4)28(30)39)17-31-29(34-26)33-23-13-12-20(16-25(23)40-5)27(38)32-21-14-15-35(3)18-21/h12-13,16-17,21-22H,6-11,14-15,18-19H2,1-5H3,(H,32,38)(H,31,33,34). The molecule has 1 saturated carbocycles. The minimum atomic E-state index is -0.506. The van der Waals surface area contributed by atoms with Gasteiger partial charge in [0.15, 0.2) is 5.82 Å². The van der Waals surface area contributed by atoms with Crippen molar-refractivity contribution in [1.82, 2.24) is 20.2 Å². The summed E-state index contributed by atoms with van der Waals surface area (Å²) in [6.45, 7) is 6.62. The van der Waals surface area contributed by atoms with Gasteiger partial charge >= 0.3 is 0 Å². The normalized spacial score (nSPS) is 24.0. The van der Waals surface area contributed by atoms with E-state index in [1.165, 1.54) is 19.3 Å². The molecule has 10 nitrogen and oxygen atoms in total. The van der Waals surface area contributed by atoms with Crippen LogP contribution in [-0.2, 0) is 4.79 Å². The van der Waals surface area contributed by atoms with Gasteiger partial charge in [-0.25, -0.2) is 4.98 Å². The van der Waals surface area contributed by atoms with Crippen LogP contribution in [0.5, 0.6) is 5.75 Å². The van der Waals surface area contributed by atoms with Crippen LogP contribution in [0.15, 0.2) is 24.4 Å². The zero-order chi connectivity index (χ0) is 28.4. The highest BCUT2D eigenvalue weighted by atomic mass is 16.5. The van der Waals surface area contributed by atoms with Gasteiger partial charge in [-0.15, -0.1) is 0 Å². The lowest BCUT2D eigenvalue weighted by Crippen LogP contribution is -2.47. The summed E-state index contributed by atoms with van der Waals surface area (Å²) in [7, 11) is 5.47. The van der Waals surface area contributed by atoms with Crippen molar-refractivity contribution < 1.29 is 14.3 Å². The number of amides is 2. The van der Waals surface area contributed by atoms with Gasteiger partial charge in [0.1, 0.15) is 11.4 Å². The first kappa shape index (κ1) is 28.1. The number of nitrogens with zero attached hydrogens (tertiary/aromatic N) is 5. The number of benzene rings is 1. The Labute approximate surface area is 237 Å². The molecule has 2 amide bonds. The number of carbonyl (C=O) groups excluding carboxylic acids is 2. The van der Waals surface area contributed by atoms with Gasteiger partial charge in [0.05, 0.1) is 24.4 Å². The largest absolute Gasteiger partial charge is 0.495 e. The molecular weight excluding hydrogens is 506 g/mol. The second-order valence-electron chi connectivity index (χ2n) is 11.9. The van der Waals surface area contributed by atoms with Crippen molar-refractivity contribution in [1.29, 1.82) is 0 Å². The van der Waals surface area contributed by atoms with Gasteiger partial charge in [-0.1, -0.05) is 26.2 Å². The van der Waals surface area contributed by atoms with Gasteiger partial charge in [-0.2, -0.15) is 4.98 Å². The van der Waals surface area contributed by atoms with Gasteiger partial charge in [-0.05, 0) is 64.4 Å². The summed E-state index contributed by atoms with van der Waals surface area (Å²) in [5.41, 5.74) is 1.44. The molecule has 0 radical (unpaired) electrons. The molecule has 0 spiro atoms. The van der Waals surface area contributed by atoms with Crippen LogP contribution in [0.1, 0.15) is 69.2 Å². The monoisotopic (exact) mass is 549 g/mol. The molecule has 2 aliphatic heterocycles. The molecule has 1 saturated heterocycles. The maximum atomic E-state index is 13.5. The van der Waals surface area contributed by atoms with Crippen molar-refractivity contribution in [2.45, 2.75) is 70.9 Å². The summed E-state index contributed by atoms with van der Waals surface area (Å²) >= 11 is 0. The number of fused-ring (bicyclic) bond motifs is 1. The first-order valence-corrected chi connectivity index (χ1v) is 14.6. The van der Waals surface area contributed by atoms with Crippen molar-refractivity contribution in [2.24, 2.45) is 5.41 Å². The van der Waals surface area contributed by atoms with Gasteiger partial charge in [0.25, 0.3) is 5.91 Å². The number of aromatic nitrogens is 2. The second-order valence-corrected chi connectivity index (χ2v) is 11.9. The van der Waals surface area contributed by atoms with E-state index >= 15 is 0 Å². The van der Waals surface area contributed by atoms with E-state index in [-0.39, 0.29) is 17.9 Å². The van der Waals surface area contributed by atoms with Crippen LogP contribution in [-0.4, -0.2) is 79.6 Å². The number of hydrogen-bond acceptors (Lipinski definition) is 8. The van der Waals surface area contributed by atoms with Crippen molar-refractivity contribution in [3.8, 4) is 5.75 Å². The second kappa shape index (κ2) is 11.6.